The normalized spacial score (nSPS) is 14.8. The number of hydrogen-bond acceptors (Lipinski definition) is 6. The van der Waals surface area contributed by atoms with Gasteiger partial charge in [0.1, 0.15) is 17.3 Å². The van der Waals surface area contributed by atoms with E-state index in [4.69, 9.17) is 10.00 Å². The maximum Gasteiger partial charge on any atom is 0.348 e. The molecule has 1 heterocycles. The lowest BCUT2D eigenvalue weighted by atomic mass is 10.1. The average molecular weight is 329 g/mol. The van der Waals surface area contributed by atoms with Crippen molar-refractivity contribution in [1.29, 1.82) is 5.26 Å². The second-order valence-corrected chi connectivity index (χ2v) is 5.44. The molecule has 0 saturated carbocycles. The predicted octanol–water partition coefficient (Wildman–Crippen LogP) is 3.06. The Hall–Kier alpha value is -2.88. The topological polar surface area (TPSA) is 96.5 Å². The van der Waals surface area contributed by atoms with Gasteiger partial charge in [0.15, 0.2) is 0 Å². The summed E-state index contributed by atoms with van der Waals surface area (Å²) in [6, 6.07) is 6.51. The zero-order valence-corrected chi connectivity index (χ0v) is 13.5. The van der Waals surface area contributed by atoms with Crippen LogP contribution in [0.25, 0.3) is 6.08 Å². The first-order valence-electron chi connectivity index (χ1n) is 7.89. The van der Waals surface area contributed by atoms with Crippen molar-refractivity contribution in [3.8, 4) is 6.07 Å². The Morgan fingerprint density at radius 3 is 2.71 bits per heavy atom. The molecule has 7 heteroatoms. The molecule has 1 aliphatic rings. The molecule has 0 unspecified atom stereocenters. The van der Waals surface area contributed by atoms with E-state index in [9.17, 15) is 14.9 Å². The number of nitro benzene ring substituents is 1. The third-order valence-corrected chi connectivity index (χ3v) is 3.82. The van der Waals surface area contributed by atoms with Gasteiger partial charge >= 0.3 is 5.97 Å². The number of esters is 1. The minimum Gasteiger partial charge on any atom is -0.462 e. The minimum absolute atomic E-state index is 0.0215. The number of carbonyl (C=O) groups excluding carboxylic acids is 1. The first-order chi connectivity index (χ1) is 11.6. The highest BCUT2D eigenvalue weighted by Crippen LogP contribution is 2.31. The van der Waals surface area contributed by atoms with Crippen LogP contribution in [-0.4, -0.2) is 30.6 Å². The summed E-state index contributed by atoms with van der Waals surface area (Å²) in [6.45, 7) is 3.39. The molecule has 1 aliphatic heterocycles. The first-order valence-corrected chi connectivity index (χ1v) is 7.89. The smallest absolute Gasteiger partial charge is 0.348 e. The molecule has 1 saturated heterocycles. The number of nitriles is 1. The Morgan fingerprint density at radius 2 is 2.12 bits per heavy atom. The van der Waals surface area contributed by atoms with Crippen LogP contribution >= 0.6 is 0 Å². The molecular formula is C17H19N3O4. The predicted molar refractivity (Wildman–Crippen MR) is 89.4 cm³/mol. The van der Waals surface area contributed by atoms with Gasteiger partial charge in [-0.1, -0.05) is 6.07 Å². The van der Waals surface area contributed by atoms with E-state index in [0.29, 0.717) is 11.3 Å². The number of carbonyl (C=O) groups is 1. The maximum absolute atomic E-state index is 11.7. The summed E-state index contributed by atoms with van der Waals surface area (Å²) in [5, 5.41) is 20.5. The summed E-state index contributed by atoms with van der Waals surface area (Å²) >= 11 is 0. The number of ether oxygens (including phenoxy) is 1. The summed E-state index contributed by atoms with van der Waals surface area (Å²) in [6.07, 6.45) is 4.47. The number of rotatable bonds is 5. The molecule has 1 fully saturated rings. The van der Waals surface area contributed by atoms with E-state index in [1.54, 1.807) is 25.1 Å². The lowest BCUT2D eigenvalue weighted by Gasteiger charge is -2.28. The number of benzene rings is 1. The van der Waals surface area contributed by atoms with Crippen molar-refractivity contribution in [1.82, 2.24) is 0 Å². The fourth-order valence-electron chi connectivity index (χ4n) is 2.69. The Balaban J connectivity index is 2.36. The number of nitro groups is 1. The van der Waals surface area contributed by atoms with Crippen molar-refractivity contribution in [3.05, 3.63) is 39.4 Å². The molecule has 0 spiro atoms. The fourth-order valence-corrected chi connectivity index (χ4v) is 2.69. The van der Waals surface area contributed by atoms with Gasteiger partial charge in [0.2, 0.25) is 0 Å². The molecule has 0 aliphatic carbocycles. The molecule has 0 amide bonds. The minimum atomic E-state index is -0.734. The van der Waals surface area contributed by atoms with Crippen LogP contribution in [0, 0.1) is 21.4 Å². The van der Waals surface area contributed by atoms with Gasteiger partial charge in [0.25, 0.3) is 5.69 Å². The van der Waals surface area contributed by atoms with Crippen LogP contribution in [0.1, 0.15) is 31.7 Å². The molecule has 2 rings (SSSR count). The van der Waals surface area contributed by atoms with Crippen molar-refractivity contribution in [2.75, 3.05) is 24.6 Å². The van der Waals surface area contributed by atoms with Gasteiger partial charge in [-0.05, 0) is 43.9 Å². The highest BCUT2D eigenvalue weighted by Gasteiger charge is 2.21. The second kappa shape index (κ2) is 8.11. The Morgan fingerprint density at radius 1 is 1.42 bits per heavy atom. The summed E-state index contributed by atoms with van der Waals surface area (Å²) in [5.74, 6) is -0.734. The van der Waals surface area contributed by atoms with Gasteiger partial charge in [-0.3, -0.25) is 10.1 Å². The van der Waals surface area contributed by atoms with Crippen LogP contribution in [0.4, 0.5) is 11.4 Å². The molecule has 0 atom stereocenters. The van der Waals surface area contributed by atoms with E-state index in [-0.39, 0.29) is 17.9 Å². The third-order valence-electron chi connectivity index (χ3n) is 3.82. The molecule has 0 aromatic heterocycles. The van der Waals surface area contributed by atoms with E-state index in [2.05, 4.69) is 0 Å². The zero-order chi connectivity index (χ0) is 17.5. The van der Waals surface area contributed by atoms with Crippen molar-refractivity contribution in [3.63, 3.8) is 0 Å². The maximum atomic E-state index is 11.7. The molecule has 0 bridgehead atoms. The largest absolute Gasteiger partial charge is 0.462 e. The highest BCUT2D eigenvalue weighted by molar-refractivity contribution is 5.98. The fraction of sp³-hybridized carbons (Fsp3) is 0.412. The second-order valence-electron chi connectivity index (χ2n) is 5.44. The van der Waals surface area contributed by atoms with Crippen LogP contribution in [-0.2, 0) is 9.53 Å². The lowest BCUT2D eigenvalue weighted by Crippen LogP contribution is -2.29. The zero-order valence-electron chi connectivity index (χ0n) is 13.5. The molecule has 0 radical (unpaired) electrons. The molecule has 7 nitrogen and oxygen atoms in total. The van der Waals surface area contributed by atoms with Crippen molar-refractivity contribution in [2.24, 2.45) is 0 Å². The number of piperidine rings is 1. The summed E-state index contributed by atoms with van der Waals surface area (Å²) in [5.41, 5.74) is 0.794. The van der Waals surface area contributed by atoms with Gasteiger partial charge in [-0.25, -0.2) is 4.79 Å². The van der Waals surface area contributed by atoms with E-state index in [0.717, 1.165) is 32.4 Å². The van der Waals surface area contributed by atoms with Gasteiger partial charge in [0, 0.05) is 19.2 Å². The molecule has 126 valence electrons. The Labute approximate surface area is 140 Å². The van der Waals surface area contributed by atoms with E-state index in [1.165, 1.54) is 12.1 Å². The summed E-state index contributed by atoms with van der Waals surface area (Å²) in [4.78, 5) is 24.6. The van der Waals surface area contributed by atoms with Gasteiger partial charge in [-0.15, -0.1) is 0 Å². The lowest BCUT2D eigenvalue weighted by molar-refractivity contribution is -0.384. The Bertz CT molecular complexity index is 700. The van der Waals surface area contributed by atoms with Gasteiger partial charge in [0.05, 0.1) is 11.5 Å². The summed E-state index contributed by atoms with van der Waals surface area (Å²) in [7, 11) is 0. The van der Waals surface area contributed by atoms with Crippen LogP contribution < -0.4 is 4.90 Å². The Kier molecular flexibility index (Phi) is 5.90. The van der Waals surface area contributed by atoms with Gasteiger partial charge < -0.3 is 9.64 Å². The van der Waals surface area contributed by atoms with E-state index in [1.807, 2.05) is 4.90 Å². The number of nitrogens with zero attached hydrogens (tertiary/aromatic N) is 3. The van der Waals surface area contributed by atoms with E-state index >= 15 is 0 Å². The molecular weight excluding hydrogens is 310 g/mol. The van der Waals surface area contributed by atoms with E-state index < -0.39 is 10.9 Å². The van der Waals surface area contributed by atoms with Crippen molar-refractivity contribution in [2.45, 2.75) is 26.2 Å². The van der Waals surface area contributed by atoms with Gasteiger partial charge in [-0.2, -0.15) is 5.26 Å². The van der Waals surface area contributed by atoms with Crippen LogP contribution in [0.5, 0.6) is 0 Å². The van der Waals surface area contributed by atoms with Crippen molar-refractivity contribution < 1.29 is 14.5 Å². The molecule has 24 heavy (non-hydrogen) atoms. The number of hydrogen-bond donors (Lipinski definition) is 0. The molecule has 1 aromatic carbocycles. The van der Waals surface area contributed by atoms with Crippen LogP contribution in [0.15, 0.2) is 23.8 Å². The molecule has 1 aromatic rings. The van der Waals surface area contributed by atoms with Crippen LogP contribution in [0.3, 0.4) is 0 Å². The average Bonchev–Trinajstić information content (AvgIpc) is 2.60. The third kappa shape index (κ3) is 4.10. The van der Waals surface area contributed by atoms with Crippen LogP contribution in [0.2, 0.25) is 0 Å². The van der Waals surface area contributed by atoms with Crippen molar-refractivity contribution >= 4 is 23.4 Å². The highest BCUT2D eigenvalue weighted by atomic mass is 16.6. The number of anilines is 1. The monoisotopic (exact) mass is 329 g/mol. The SMILES string of the molecule is CCOC(=O)/C(C#N)=C\c1ccc(N2CCCCC2)c([N+](=O)[O-])c1. The quantitative estimate of drug-likeness (QED) is 0.271. The first kappa shape index (κ1) is 17.5. The standard InChI is InChI=1S/C17H19N3O4/c1-2-24-17(21)14(12-18)10-13-6-7-15(16(11-13)20(22)23)19-8-4-3-5-9-19/h6-7,10-11H,2-5,8-9H2,1H3/b14-10-. The molecule has 0 N–H and O–H groups in total. The summed E-state index contributed by atoms with van der Waals surface area (Å²) < 4.78 is 4.79.